The molecule has 2 nitrogen and oxygen atoms in total. The molecule has 0 aliphatic heterocycles. The highest BCUT2D eigenvalue weighted by atomic mass is 16.3. The van der Waals surface area contributed by atoms with Gasteiger partial charge in [-0.25, -0.2) is 0 Å². The summed E-state index contributed by atoms with van der Waals surface area (Å²) in [5.41, 5.74) is 1.38. The first-order chi connectivity index (χ1) is 8.24. The Balaban J connectivity index is 2.27. The van der Waals surface area contributed by atoms with Crippen LogP contribution >= 0.6 is 0 Å². The number of aliphatic hydroxyl groups is 1. The van der Waals surface area contributed by atoms with Gasteiger partial charge in [-0.3, -0.25) is 4.79 Å². The largest absolute Gasteiger partial charge is 0.388 e. The Hall–Kier alpha value is -1.59. The molecular weight excluding hydrogens is 212 g/mol. The van der Waals surface area contributed by atoms with E-state index >= 15 is 0 Å². The van der Waals surface area contributed by atoms with Gasteiger partial charge in [0.25, 0.3) is 0 Å². The fraction of sp³-hybridized carbons (Fsp3) is 0.400. The van der Waals surface area contributed by atoms with E-state index in [9.17, 15) is 9.90 Å². The van der Waals surface area contributed by atoms with Crippen molar-refractivity contribution in [2.24, 2.45) is 5.92 Å². The zero-order valence-corrected chi connectivity index (χ0v) is 9.73. The van der Waals surface area contributed by atoms with Crippen molar-refractivity contribution in [3.63, 3.8) is 0 Å². The lowest BCUT2D eigenvalue weighted by Crippen LogP contribution is -2.26. The molecule has 1 aliphatic rings. The van der Waals surface area contributed by atoms with Crippen LogP contribution in [0.5, 0.6) is 0 Å². The second kappa shape index (κ2) is 5.16. The number of aliphatic hydroxyl groups excluding tert-OH is 1. The summed E-state index contributed by atoms with van der Waals surface area (Å²) in [5, 5.41) is 10.3. The normalized spacial score (nSPS) is 21.9. The first kappa shape index (κ1) is 11.9. The molecule has 1 saturated carbocycles. The monoisotopic (exact) mass is 228 g/mol. The van der Waals surface area contributed by atoms with Crippen molar-refractivity contribution in [2.45, 2.75) is 31.8 Å². The van der Waals surface area contributed by atoms with Crippen LogP contribution in [0.3, 0.4) is 0 Å². The highest BCUT2D eigenvalue weighted by Gasteiger charge is 2.30. The lowest BCUT2D eigenvalue weighted by Gasteiger charge is -2.26. The fourth-order valence-electron chi connectivity index (χ4n) is 2.45. The maximum atomic E-state index is 11.8. The van der Waals surface area contributed by atoms with Gasteiger partial charge in [-0.1, -0.05) is 30.5 Å². The van der Waals surface area contributed by atoms with Gasteiger partial charge in [-0.2, -0.15) is 0 Å². The van der Waals surface area contributed by atoms with Crippen LogP contribution < -0.4 is 0 Å². The topological polar surface area (TPSA) is 37.3 Å². The van der Waals surface area contributed by atoms with E-state index in [4.69, 9.17) is 6.42 Å². The number of carbonyl (C=O) groups is 1. The molecule has 2 rings (SSSR count). The van der Waals surface area contributed by atoms with Gasteiger partial charge in [-0.15, -0.1) is 6.42 Å². The number of Topliss-reactive ketones (excluding diaryl/α,β-unsaturated/α-hetero) is 1. The van der Waals surface area contributed by atoms with E-state index in [1.165, 1.54) is 0 Å². The molecule has 0 amide bonds. The number of benzene rings is 1. The van der Waals surface area contributed by atoms with Crippen LogP contribution in [0, 0.1) is 18.3 Å². The number of terminal acetylenes is 1. The molecule has 1 aromatic carbocycles. The van der Waals surface area contributed by atoms with Crippen LogP contribution in [0.4, 0.5) is 0 Å². The first-order valence-corrected chi connectivity index (χ1v) is 6.00. The maximum Gasteiger partial charge on any atom is 0.138 e. The lowest BCUT2D eigenvalue weighted by atomic mass is 9.81. The van der Waals surface area contributed by atoms with E-state index in [0.29, 0.717) is 17.5 Å². The Morgan fingerprint density at radius 2 is 2.12 bits per heavy atom. The van der Waals surface area contributed by atoms with Crippen molar-refractivity contribution in [3.05, 3.63) is 35.4 Å². The number of hydrogen-bond acceptors (Lipinski definition) is 2. The molecule has 0 aromatic heterocycles. The molecule has 1 N–H and O–H groups in total. The van der Waals surface area contributed by atoms with Gasteiger partial charge in [0.2, 0.25) is 0 Å². The van der Waals surface area contributed by atoms with Gasteiger partial charge in [0, 0.05) is 17.9 Å². The molecule has 0 spiro atoms. The molecule has 17 heavy (non-hydrogen) atoms. The van der Waals surface area contributed by atoms with Gasteiger partial charge in [0.15, 0.2) is 0 Å². The predicted octanol–water partition coefficient (Wildman–Crippen LogP) is 2.46. The van der Waals surface area contributed by atoms with E-state index in [1.54, 1.807) is 6.07 Å². The molecule has 1 aromatic rings. The molecule has 0 radical (unpaired) electrons. The van der Waals surface area contributed by atoms with Crippen molar-refractivity contribution < 1.29 is 9.90 Å². The summed E-state index contributed by atoms with van der Waals surface area (Å²) in [5.74, 6) is 2.44. The van der Waals surface area contributed by atoms with Crippen molar-refractivity contribution in [2.75, 3.05) is 0 Å². The molecule has 0 unspecified atom stereocenters. The van der Waals surface area contributed by atoms with Crippen molar-refractivity contribution in [3.8, 4) is 12.3 Å². The zero-order chi connectivity index (χ0) is 12.3. The molecule has 2 heteroatoms. The van der Waals surface area contributed by atoms with Crippen LogP contribution in [0.1, 0.15) is 42.9 Å². The lowest BCUT2D eigenvalue weighted by molar-refractivity contribution is -0.128. The molecule has 0 heterocycles. The molecule has 0 bridgehead atoms. The van der Waals surface area contributed by atoms with Gasteiger partial charge < -0.3 is 5.11 Å². The second-order valence-electron chi connectivity index (χ2n) is 4.50. The number of ketones is 1. The average molecular weight is 228 g/mol. The summed E-state index contributed by atoms with van der Waals surface area (Å²) in [7, 11) is 0. The highest BCUT2D eigenvalue weighted by Crippen LogP contribution is 2.33. The minimum atomic E-state index is -0.755. The quantitative estimate of drug-likeness (QED) is 0.789. The summed E-state index contributed by atoms with van der Waals surface area (Å²) in [4.78, 5) is 11.8. The highest BCUT2D eigenvalue weighted by molar-refractivity contribution is 5.82. The third-order valence-corrected chi connectivity index (χ3v) is 3.42. The van der Waals surface area contributed by atoms with Crippen LogP contribution in [0.25, 0.3) is 0 Å². The van der Waals surface area contributed by atoms with Crippen LogP contribution in [-0.4, -0.2) is 10.9 Å². The Morgan fingerprint density at radius 3 is 2.82 bits per heavy atom. The Bertz CT molecular complexity index is 456. The predicted molar refractivity (Wildman–Crippen MR) is 66.3 cm³/mol. The minimum absolute atomic E-state index is 0.163. The first-order valence-electron chi connectivity index (χ1n) is 6.00. The molecular formula is C15H16O2. The summed E-state index contributed by atoms with van der Waals surface area (Å²) >= 11 is 0. The van der Waals surface area contributed by atoms with E-state index in [-0.39, 0.29) is 11.7 Å². The third kappa shape index (κ3) is 2.40. The standard InChI is InChI=1S/C15H16O2/c1-2-11-7-3-4-8-12(11)15(17)13-9-5-6-10-14(13)16/h1,3-4,7-8,13,15,17H,5-6,9-10H2/t13-,15-/m0/s1. The van der Waals surface area contributed by atoms with E-state index in [2.05, 4.69) is 5.92 Å². The number of carbonyl (C=O) groups excluding carboxylic acids is 1. The van der Waals surface area contributed by atoms with E-state index in [1.807, 2.05) is 18.2 Å². The molecule has 1 fully saturated rings. The smallest absolute Gasteiger partial charge is 0.138 e. The van der Waals surface area contributed by atoms with Crippen LogP contribution in [0.2, 0.25) is 0 Å². The Labute approximate surface area is 102 Å². The van der Waals surface area contributed by atoms with E-state index < -0.39 is 6.10 Å². The average Bonchev–Trinajstić information content (AvgIpc) is 2.38. The van der Waals surface area contributed by atoms with Gasteiger partial charge in [-0.05, 0) is 24.5 Å². The second-order valence-corrected chi connectivity index (χ2v) is 4.50. The Kier molecular flexibility index (Phi) is 3.61. The van der Waals surface area contributed by atoms with Gasteiger partial charge in [0.05, 0.1) is 6.10 Å². The van der Waals surface area contributed by atoms with Gasteiger partial charge >= 0.3 is 0 Å². The summed E-state index contributed by atoms with van der Waals surface area (Å²) < 4.78 is 0. The third-order valence-electron chi connectivity index (χ3n) is 3.42. The number of rotatable bonds is 2. The van der Waals surface area contributed by atoms with Crippen LogP contribution in [-0.2, 0) is 4.79 Å². The number of hydrogen-bond donors (Lipinski definition) is 1. The van der Waals surface area contributed by atoms with Crippen molar-refractivity contribution in [1.29, 1.82) is 0 Å². The SMILES string of the molecule is C#Cc1ccccc1[C@H](O)[C@H]1CCCCC1=O. The summed E-state index contributed by atoms with van der Waals surface area (Å²) in [6, 6.07) is 7.29. The fourth-order valence-corrected chi connectivity index (χ4v) is 2.45. The van der Waals surface area contributed by atoms with E-state index in [0.717, 1.165) is 19.3 Å². The minimum Gasteiger partial charge on any atom is -0.388 e. The summed E-state index contributed by atoms with van der Waals surface area (Å²) in [6.07, 6.45) is 7.95. The van der Waals surface area contributed by atoms with Crippen LogP contribution in [0.15, 0.2) is 24.3 Å². The summed E-state index contributed by atoms with van der Waals surface area (Å²) in [6.45, 7) is 0. The Morgan fingerprint density at radius 1 is 1.35 bits per heavy atom. The van der Waals surface area contributed by atoms with Crippen molar-refractivity contribution >= 4 is 5.78 Å². The zero-order valence-electron chi connectivity index (χ0n) is 9.73. The molecule has 2 atom stereocenters. The van der Waals surface area contributed by atoms with Gasteiger partial charge in [0.1, 0.15) is 5.78 Å². The molecule has 88 valence electrons. The molecule has 1 aliphatic carbocycles. The molecule has 0 saturated heterocycles. The van der Waals surface area contributed by atoms with Crippen molar-refractivity contribution in [1.82, 2.24) is 0 Å². The maximum absolute atomic E-state index is 11.8.